The summed E-state index contributed by atoms with van der Waals surface area (Å²) in [6.07, 6.45) is 2.92. The minimum Gasteiger partial charge on any atom is -0.480 e. The quantitative estimate of drug-likeness (QED) is 0.770. The van der Waals surface area contributed by atoms with Crippen LogP contribution < -0.4 is 5.32 Å². The second-order valence-corrected chi connectivity index (χ2v) is 4.43. The van der Waals surface area contributed by atoms with Crippen LogP contribution in [0.25, 0.3) is 10.9 Å². The van der Waals surface area contributed by atoms with Crippen LogP contribution in [0.1, 0.15) is 30.1 Å². The molecule has 5 heteroatoms. The molecule has 0 fully saturated rings. The van der Waals surface area contributed by atoms with Crippen LogP contribution in [-0.4, -0.2) is 28.0 Å². The van der Waals surface area contributed by atoms with E-state index in [-0.39, 0.29) is 5.91 Å². The third kappa shape index (κ3) is 2.93. The number of carboxylic acid groups (broad SMARTS) is 1. The van der Waals surface area contributed by atoms with Crippen molar-refractivity contribution in [2.24, 2.45) is 0 Å². The van der Waals surface area contributed by atoms with Crippen LogP contribution in [0, 0.1) is 0 Å². The van der Waals surface area contributed by atoms with Gasteiger partial charge in [0.1, 0.15) is 6.04 Å². The lowest BCUT2D eigenvalue weighted by molar-refractivity contribution is -0.139. The van der Waals surface area contributed by atoms with Gasteiger partial charge in [0.2, 0.25) is 0 Å². The Morgan fingerprint density at radius 2 is 2.16 bits per heavy atom. The maximum absolute atomic E-state index is 12.0. The van der Waals surface area contributed by atoms with Gasteiger partial charge >= 0.3 is 5.97 Å². The number of aliphatic carboxylic acids is 1. The van der Waals surface area contributed by atoms with Crippen LogP contribution in [-0.2, 0) is 4.79 Å². The van der Waals surface area contributed by atoms with Crippen molar-refractivity contribution < 1.29 is 14.7 Å². The number of nitrogens with one attached hydrogen (secondary N) is 2. The van der Waals surface area contributed by atoms with E-state index in [1.54, 1.807) is 24.4 Å². The van der Waals surface area contributed by atoms with Crippen molar-refractivity contribution >= 4 is 22.8 Å². The van der Waals surface area contributed by atoms with Crippen molar-refractivity contribution in [2.45, 2.75) is 25.8 Å². The highest BCUT2D eigenvalue weighted by molar-refractivity contribution is 5.99. The number of amides is 1. The second-order valence-electron chi connectivity index (χ2n) is 4.43. The summed E-state index contributed by atoms with van der Waals surface area (Å²) in [7, 11) is 0. The maximum atomic E-state index is 12.0. The number of carbonyl (C=O) groups is 2. The molecule has 1 atom stereocenters. The topological polar surface area (TPSA) is 82.2 Å². The molecule has 0 saturated carbocycles. The first-order valence-electron chi connectivity index (χ1n) is 6.22. The molecule has 0 aliphatic heterocycles. The van der Waals surface area contributed by atoms with E-state index in [2.05, 4.69) is 10.3 Å². The molecule has 100 valence electrons. The van der Waals surface area contributed by atoms with Gasteiger partial charge in [-0.05, 0) is 30.7 Å². The SMILES string of the molecule is CCC[C@@H](NC(=O)c1ccc2[nH]ccc2c1)C(=O)O. The van der Waals surface area contributed by atoms with E-state index in [1.807, 2.05) is 13.0 Å². The predicted molar refractivity (Wildman–Crippen MR) is 72.1 cm³/mol. The largest absolute Gasteiger partial charge is 0.480 e. The Morgan fingerprint density at radius 1 is 1.37 bits per heavy atom. The van der Waals surface area contributed by atoms with E-state index in [0.29, 0.717) is 18.4 Å². The first kappa shape index (κ1) is 13.1. The van der Waals surface area contributed by atoms with Gasteiger partial charge in [-0.2, -0.15) is 0 Å². The number of aromatic nitrogens is 1. The summed E-state index contributed by atoms with van der Waals surface area (Å²) in [4.78, 5) is 26.1. The smallest absolute Gasteiger partial charge is 0.326 e. The highest BCUT2D eigenvalue weighted by atomic mass is 16.4. The van der Waals surface area contributed by atoms with Crippen molar-refractivity contribution in [3.05, 3.63) is 36.0 Å². The zero-order valence-electron chi connectivity index (χ0n) is 10.6. The monoisotopic (exact) mass is 260 g/mol. The van der Waals surface area contributed by atoms with E-state index < -0.39 is 12.0 Å². The summed E-state index contributed by atoms with van der Waals surface area (Å²) in [5.41, 5.74) is 1.41. The molecular formula is C14H16N2O3. The van der Waals surface area contributed by atoms with Crippen molar-refractivity contribution in [2.75, 3.05) is 0 Å². The third-order valence-electron chi connectivity index (χ3n) is 3.00. The van der Waals surface area contributed by atoms with Crippen LogP contribution in [0.5, 0.6) is 0 Å². The Kier molecular flexibility index (Phi) is 3.85. The minimum absolute atomic E-state index is 0.357. The van der Waals surface area contributed by atoms with Crippen LogP contribution in [0.3, 0.4) is 0 Å². The van der Waals surface area contributed by atoms with Gasteiger partial charge < -0.3 is 15.4 Å². The lowest BCUT2D eigenvalue weighted by atomic mass is 10.1. The molecule has 0 aliphatic carbocycles. The van der Waals surface area contributed by atoms with Crippen molar-refractivity contribution in [3.63, 3.8) is 0 Å². The number of hydrogen-bond donors (Lipinski definition) is 3. The summed E-state index contributed by atoms with van der Waals surface area (Å²) < 4.78 is 0. The molecule has 3 N–H and O–H groups in total. The lowest BCUT2D eigenvalue weighted by Gasteiger charge is -2.13. The molecule has 1 aromatic heterocycles. The molecule has 0 bridgehead atoms. The molecule has 0 aliphatic rings. The highest BCUT2D eigenvalue weighted by Gasteiger charge is 2.19. The molecule has 1 amide bonds. The summed E-state index contributed by atoms with van der Waals surface area (Å²) in [6.45, 7) is 1.88. The fourth-order valence-electron chi connectivity index (χ4n) is 1.98. The Morgan fingerprint density at radius 3 is 2.84 bits per heavy atom. The van der Waals surface area contributed by atoms with Gasteiger partial charge in [0.05, 0.1) is 0 Å². The number of H-pyrrole nitrogens is 1. The zero-order chi connectivity index (χ0) is 13.8. The molecular weight excluding hydrogens is 244 g/mol. The van der Waals surface area contributed by atoms with Crippen LogP contribution in [0.15, 0.2) is 30.5 Å². The van der Waals surface area contributed by atoms with E-state index in [9.17, 15) is 9.59 Å². The first-order chi connectivity index (χ1) is 9.11. The molecule has 0 unspecified atom stereocenters. The Labute approximate surface area is 110 Å². The number of rotatable bonds is 5. The van der Waals surface area contributed by atoms with Crippen molar-refractivity contribution in [1.82, 2.24) is 10.3 Å². The Hall–Kier alpha value is -2.30. The molecule has 1 heterocycles. The summed E-state index contributed by atoms with van der Waals surface area (Å²) in [6, 6.07) is 6.26. The van der Waals surface area contributed by atoms with E-state index in [4.69, 9.17) is 5.11 Å². The normalized spacial score (nSPS) is 12.3. The van der Waals surface area contributed by atoms with Crippen LogP contribution in [0.4, 0.5) is 0 Å². The summed E-state index contributed by atoms with van der Waals surface area (Å²) in [5.74, 6) is -1.36. The van der Waals surface area contributed by atoms with E-state index in [1.165, 1.54) is 0 Å². The Balaban J connectivity index is 2.16. The maximum Gasteiger partial charge on any atom is 0.326 e. The number of carbonyl (C=O) groups excluding carboxylic acids is 1. The van der Waals surface area contributed by atoms with Gasteiger partial charge in [-0.15, -0.1) is 0 Å². The lowest BCUT2D eigenvalue weighted by Crippen LogP contribution is -2.40. The van der Waals surface area contributed by atoms with Gasteiger partial charge in [0, 0.05) is 22.7 Å². The number of aromatic amines is 1. The van der Waals surface area contributed by atoms with Crippen molar-refractivity contribution in [3.8, 4) is 0 Å². The number of carboxylic acids is 1. The standard InChI is InChI=1S/C14H16N2O3/c1-2-3-12(14(18)19)16-13(17)10-4-5-11-9(8-10)6-7-15-11/h4-8,12,15H,2-3H2,1H3,(H,16,17)(H,18,19)/t12-/m1/s1. The van der Waals surface area contributed by atoms with Gasteiger partial charge in [-0.3, -0.25) is 4.79 Å². The van der Waals surface area contributed by atoms with Gasteiger partial charge in [-0.25, -0.2) is 4.79 Å². The fraction of sp³-hybridized carbons (Fsp3) is 0.286. The molecule has 19 heavy (non-hydrogen) atoms. The molecule has 0 radical (unpaired) electrons. The second kappa shape index (κ2) is 5.56. The average Bonchev–Trinajstić information content (AvgIpc) is 2.85. The minimum atomic E-state index is -1.00. The first-order valence-corrected chi connectivity index (χ1v) is 6.22. The van der Waals surface area contributed by atoms with Gasteiger partial charge in [0.15, 0.2) is 0 Å². The van der Waals surface area contributed by atoms with Gasteiger partial charge in [0.25, 0.3) is 5.91 Å². The molecule has 2 aromatic rings. The number of fused-ring (bicyclic) bond motifs is 1. The van der Waals surface area contributed by atoms with Crippen LogP contribution >= 0.6 is 0 Å². The van der Waals surface area contributed by atoms with Crippen LogP contribution in [0.2, 0.25) is 0 Å². The highest BCUT2D eigenvalue weighted by Crippen LogP contribution is 2.14. The third-order valence-corrected chi connectivity index (χ3v) is 3.00. The molecule has 0 spiro atoms. The van der Waals surface area contributed by atoms with Crippen molar-refractivity contribution in [1.29, 1.82) is 0 Å². The Bertz CT molecular complexity index is 604. The number of hydrogen-bond acceptors (Lipinski definition) is 2. The summed E-state index contributed by atoms with van der Waals surface area (Å²) in [5, 5.41) is 12.5. The molecule has 1 aromatic carbocycles. The fourth-order valence-corrected chi connectivity index (χ4v) is 1.98. The molecule has 0 saturated heterocycles. The van der Waals surface area contributed by atoms with E-state index in [0.717, 1.165) is 10.9 Å². The van der Waals surface area contributed by atoms with Gasteiger partial charge in [-0.1, -0.05) is 13.3 Å². The predicted octanol–water partition coefficient (Wildman–Crippen LogP) is 2.15. The zero-order valence-corrected chi connectivity index (χ0v) is 10.6. The number of benzene rings is 1. The molecule has 5 nitrogen and oxygen atoms in total. The van der Waals surface area contributed by atoms with E-state index >= 15 is 0 Å². The average molecular weight is 260 g/mol. The summed E-state index contributed by atoms with van der Waals surface area (Å²) >= 11 is 0. The molecule has 2 rings (SSSR count).